The lowest BCUT2D eigenvalue weighted by Gasteiger charge is -2.21. The van der Waals surface area contributed by atoms with Gasteiger partial charge in [0.15, 0.2) is 0 Å². The van der Waals surface area contributed by atoms with Crippen molar-refractivity contribution in [2.24, 2.45) is 0 Å². The number of hydrogen-bond donors (Lipinski definition) is 1. The zero-order valence-corrected chi connectivity index (χ0v) is 19.9. The fourth-order valence-corrected chi connectivity index (χ4v) is 5.94. The van der Waals surface area contributed by atoms with E-state index >= 15 is 0 Å². The molecule has 6 aromatic rings. The second-order valence-corrected chi connectivity index (χ2v) is 9.94. The van der Waals surface area contributed by atoms with Crippen LogP contribution >= 0.6 is 0 Å². The number of hydrogen-bond acceptors (Lipinski definition) is 1. The Morgan fingerprint density at radius 3 is 2.00 bits per heavy atom. The van der Waals surface area contributed by atoms with Crippen molar-refractivity contribution in [2.75, 3.05) is 5.32 Å². The number of rotatable bonds is 3. The Labute approximate surface area is 205 Å². The third kappa shape index (κ3) is 2.90. The van der Waals surface area contributed by atoms with Gasteiger partial charge < -0.3 is 9.88 Å². The van der Waals surface area contributed by atoms with Gasteiger partial charge in [-0.1, -0.05) is 92.7 Å². The summed E-state index contributed by atoms with van der Waals surface area (Å²) in [6.07, 6.45) is 0. The molecule has 1 N–H and O–H groups in total. The summed E-state index contributed by atoms with van der Waals surface area (Å²) in [7, 11) is 0. The molecule has 0 amide bonds. The van der Waals surface area contributed by atoms with Gasteiger partial charge in [-0.05, 0) is 53.1 Å². The zero-order chi connectivity index (χ0) is 23.6. The molecule has 1 aromatic heterocycles. The van der Waals surface area contributed by atoms with E-state index in [1.54, 1.807) is 0 Å². The van der Waals surface area contributed by atoms with E-state index in [-0.39, 0.29) is 5.41 Å². The van der Waals surface area contributed by atoms with E-state index in [1.165, 1.54) is 44.1 Å². The molecule has 0 unspecified atom stereocenters. The van der Waals surface area contributed by atoms with Gasteiger partial charge >= 0.3 is 0 Å². The normalized spacial score (nSPS) is 13.7. The Hall–Kier alpha value is -4.30. The summed E-state index contributed by atoms with van der Waals surface area (Å²) >= 11 is 0. The Balaban J connectivity index is 1.37. The maximum atomic E-state index is 3.77. The highest BCUT2D eigenvalue weighted by atomic mass is 15.0. The Kier molecular flexibility index (Phi) is 4.22. The minimum atomic E-state index is -0.00552. The molecular weight excluding hydrogens is 424 g/mol. The lowest BCUT2D eigenvalue weighted by atomic mass is 9.82. The fraction of sp³-hybridized carbons (Fsp3) is 0.0909. The van der Waals surface area contributed by atoms with E-state index in [9.17, 15) is 0 Å². The number of aromatic nitrogens is 1. The van der Waals surface area contributed by atoms with Crippen LogP contribution in [0.4, 0.5) is 11.4 Å². The van der Waals surface area contributed by atoms with Crippen molar-refractivity contribution in [1.82, 2.24) is 4.57 Å². The number of benzene rings is 5. The summed E-state index contributed by atoms with van der Waals surface area (Å²) in [5.41, 5.74) is 11.2. The number of fused-ring (bicyclic) bond motifs is 6. The van der Waals surface area contributed by atoms with Gasteiger partial charge in [0.1, 0.15) is 0 Å². The number of nitrogens with one attached hydrogen (secondary N) is 1. The van der Waals surface area contributed by atoms with Crippen molar-refractivity contribution >= 4 is 33.2 Å². The molecule has 0 aliphatic heterocycles. The van der Waals surface area contributed by atoms with Crippen LogP contribution in [0.2, 0.25) is 0 Å². The molecule has 168 valence electrons. The summed E-state index contributed by atoms with van der Waals surface area (Å²) in [6, 6.07) is 41.5. The molecule has 5 aromatic carbocycles. The Morgan fingerprint density at radius 1 is 0.600 bits per heavy atom. The molecule has 7 rings (SSSR count). The second kappa shape index (κ2) is 7.35. The topological polar surface area (TPSA) is 17.0 Å². The predicted octanol–water partition coefficient (Wildman–Crippen LogP) is 8.83. The summed E-state index contributed by atoms with van der Waals surface area (Å²) in [4.78, 5) is 0. The molecule has 2 nitrogen and oxygen atoms in total. The molecule has 35 heavy (non-hydrogen) atoms. The maximum absolute atomic E-state index is 3.77. The third-order valence-corrected chi connectivity index (χ3v) is 7.57. The van der Waals surface area contributed by atoms with Gasteiger partial charge in [0.05, 0.1) is 11.0 Å². The van der Waals surface area contributed by atoms with Gasteiger partial charge in [0.25, 0.3) is 0 Å². The molecule has 0 spiro atoms. The lowest BCUT2D eigenvalue weighted by Crippen LogP contribution is -2.14. The number of nitrogens with zero attached hydrogens (tertiary/aromatic N) is 1. The quantitative estimate of drug-likeness (QED) is 0.285. The molecule has 1 heterocycles. The van der Waals surface area contributed by atoms with Crippen molar-refractivity contribution in [3.8, 4) is 16.8 Å². The van der Waals surface area contributed by atoms with Crippen LogP contribution in [0.25, 0.3) is 38.6 Å². The molecular formula is C33H26N2. The van der Waals surface area contributed by atoms with Crippen molar-refractivity contribution < 1.29 is 0 Å². The van der Waals surface area contributed by atoms with E-state index < -0.39 is 0 Å². The summed E-state index contributed by atoms with van der Waals surface area (Å²) in [5.74, 6) is 0. The number of anilines is 2. The average Bonchev–Trinajstić information content (AvgIpc) is 3.35. The predicted molar refractivity (Wildman–Crippen MR) is 148 cm³/mol. The second-order valence-electron chi connectivity index (χ2n) is 9.94. The largest absolute Gasteiger partial charge is 0.355 e. The fourth-order valence-electron chi connectivity index (χ4n) is 5.94. The lowest BCUT2D eigenvalue weighted by molar-refractivity contribution is 0.660. The molecule has 0 saturated heterocycles. The summed E-state index contributed by atoms with van der Waals surface area (Å²) in [6.45, 7) is 4.65. The van der Waals surface area contributed by atoms with Crippen LogP contribution in [0.5, 0.6) is 0 Å². The molecule has 0 atom stereocenters. The van der Waals surface area contributed by atoms with Crippen LogP contribution in [-0.4, -0.2) is 4.57 Å². The van der Waals surface area contributed by atoms with Crippen LogP contribution in [-0.2, 0) is 5.41 Å². The average molecular weight is 451 g/mol. The maximum Gasteiger partial charge on any atom is 0.0541 e. The van der Waals surface area contributed by atoms with E-state index in [0.717, 1.165) is 17.1 Å². The molecule has 1 aliphatic rings. The number of para-hydroxylation sites is 2. The van der Waals surface area contributed by atoms with Crippen LogP contribution in [0.1, 0.15) is 25.0 Å². The highest BCUT2D eigenvalue weighted by Crippen LogP contribution is 2.51. The summed E-state index contributed by atoms with van der Waals surface area (Å²) < 4.78 is 2.36. The van der Waals surface area contributed by atoms with Crippen LogP contribution < -0.4 is 5.32 Å². The third-order valence-electron chi connectivity index (χ3n) is 7.57. The first-order chi connectivity index (χ1) is 17.1. The Bertz CT molecular complexity index is 1700. The van der Waals surface area contributed by atoms with E-state index in [0.29, 0.717) is 0 Å². The van der Waals surface area contributed by atoms with E-state index in [4.69, 9.17) is 0 Å². The van der Waals surface area contributed by atoms with E-state index in [1.807, 2.05) is 0 Å². The monoisotopic (exact) mass is 450 g/mol. The van der Waals surface area contributed by atoms with Crippen LogP contribution in [0.15, 0.2) is 115 Å². The SMILES string of the molecule is CC1(C)c2ccccc2-c2c(Nc3cccc(-n4c5ccccc5c5ccccc54)c3)cccc21. The molecule has 0 radical (unpaired) electrons. The standard InChI is InChI=1S/C33H26N2/c1-33(2)27-16-6-3-15-26(27)32-28(33)17-10-18-29(32)34-22-11-9-12-23(21-22)35-30-19-7-4-13-24(30)25-14-5-8-20-31(25)35/h3-21,34H,1-2H3. The van der Waals surface area contributed by atoms with Crippen LogP contribution in [0, 0.1) is 0 Å². The minimum absolute atomic E-state index is 0.00552. The van der Waals surface area contributed by atoms with Crippen molar-refractivity contribution in [2.45, 2.75) is 19.3 Å². The Morgan fingerprint density at radius 2 is 1.23 bits per heavy atom. The zero-order valence-electron chi connectivity index (χ0n) is 19.9. The van der Waals surface area contributed by atoms with Gasteiger partial charge in [0.2, 0.25) is 0 Å². The summed E-state index contributed by atoms with van der Waals surface area (Å²) in [5, 5.41) is 6.33. The van der Waals surface area contributed by atoms with Gasteiger partial charge in [-0.3, -0.25) is 0 Å². The highest BCUT2D eigenvalue weighted by Gasteiger charge is 2.36. The van der Waals surface area contributed by atoms with E-state index in [2.05, 4.69) is 139 Å². The first kappa shape index (κ1) is 20.1. The van der Waals surface area contributed by atoms with Gasteiger partial charge in [0, 0.05) is 38.8 Å². The van der Waals surface area contributed by atoms with Gasteiger partial charge in [-0.15, -0.1) is 0 Å². The van der Waals surface area contributed by atoms with Crippen LogP contribution in [0.3, 0.4) is 0 Å². The molecule has 0 saturated carbocycles. The highest BCUT2D eigenvalue weighted by molar-refractivity contribution is 6.09. The minimum Gasteiger partial charge on any atom is -0.355 e. The molecule has 0 fully saturated rings. The first-order valence-electron chi connectivity index (χ1n) is 12.2. The van der Waals surface area contributed by atoms with Crippen molar-refractivity contribution in [1.29, 1.82) is 0 Å². The molecule has 0 bridgehead atoms. The van der Waals surface area contributed by atoms with Gasteiger partial charge in [-0.25, -0.2) is 0 Å². The smallest absolute Gasteiger partial charge is 0.0541 e. The van der Waals surface area contributed by atoms with Gasteiger partial charge in [-0.2, -0.15) is 0 Å². The first-order valence-corrected chi connectivity index (χ1v) is 12.2. The molecule has 2 heteroatoms. The molecule has 1 aliphatic carbocycles. The van der Waals surface area contributed by atoms with Crippen molar-refractivity contribution in [3.63, 3.8) is 0 Å². The van der Waals surface area contributed by atoms with Crippen molar-refractivity contribution in [3.05, 3.63) is 126 Å².